The predicted molar refractivity (Wildman–Crippen MR) is 81.6 cm³/mol. The third kappa shape index (κ3) is 3.44. The molecule has 2 aromatic rings. The second-order valence-corrected chi connectivity index (χ2v) is 5.11. The maximum Gasteiger partial charge on any atom is 0.137 e. The van der Waals surface area contributed by atoms with Crippen molar-refractivity contribution in [3.63, 3.8) is 0 Å². The Labute approximate surface area is 123 Å². The fourth-order valence-electron chi connectivity index (χ4n) is 2.24. The first-order chi connectivity index (χ1) is 9.63. The molecular weight excluding hydrogens is 274 g/mol. The molecule has 0 aliphatic rings. The summed E-state index contributed by atoms with van der Waals surface area (Å²) >= 11 is 6.15. The second kappa shape index (κ2) is 6.64. The predicted octanol–water partition coefficient (Wildman–Crippen LogP) is 3.34. The summed E-state index contributed by atoms with van der Waals surface area (Å²) in [5, 5.41) is 10.1. The minimum absolute atomic E-state index is 0.153. The van der Waals surface area contributed by atoms with Crippen molar-refractivity contribution >= 4 is 11.6 Å². The molecule has 0 fully saturated rings. The van der Waals surface area contributed by atoms with Gasteiger partial charge < -0.3 is 15.6 Å². The fraction of sp³-hybridized carbons (Fsp3) is 0.250. The number of rotatable bonds is 5. The highest BCUT2D eigenvalue weighted by Gasteiger charge is 2.13. The van der Waals surface area contributed by atoms with Crippen LogP contribution in [-0.2, 0) is 6.42 Å². The molecule has 3 nitrogen and oxygen atoms in total. The smallest absolute Gasteiger partial charge is 0.137 e. The molecule has 106 valence electrons. The first-order valence-corrected chi connectivity index (χ1v) is 6.83. The molecule has 0 saturated heterocycles. The van der Waals surface area contributed by atoms with Gasteiger partial charge in [0, 0.05) is 5.92 Å². The van der Waals surface area contributed by atoms with Crippen molar-refractivity contribution in [3.8, 4) is 11.5 Å². The first kappa shape index (κ1) is 14.7. The standard InChI is InChI=1S/C16H18ClNO2/c1-20-16-6-5-12(9-15(16)17)13(10-18)7-11-3-2-4-14(19)8-11/h2-6,8-9,13,19H,7,10,18H2,1H3. The van der Waals surface area contributed by atoms with Crippen molar-refractivity contribution in [2.75, 3.05) is 13.7 Å². The van der Waals surface area contributed by atoms with Gasteiger partial charge in [-0.3, -0.25) is 0 Å². The number of halogens is 1. The zero-order valence-electron chi connectivity index (χ0n) is 11.3. The average Bonchev–Trinajstić information content (AvgIpc) is 2.44. The monoisotopic (exact) mass is 291 g/mol. The number of ether oxygens (including phenoxy) is 1. The Morgan fingerprint density at radius 3 is 2.65 bits per heavy atom. The largest absolute Gasteiger partial charge is 0.508 e. The Balaban J connectivity index is 2.22. The molecule has 0 saturated carbocycles. The lowest BCUT2D eigenvalue weighted by Gasteiger charge is -2.16. The van der Waals surface area contributed by atoms with Crippen LogP contribution in [0.25, 0.3) is 0 Å². The molecule has 0 aliphatic heterocycles. The lowest BCUT2D eigenvalue weighted by Crippen LogP contribution is -2.15. The van der Waals surface area contributed by atoms with Crippen LogP contribution in [0.2, 0.25) is 5.02 Å². The normalized spacial score (nSPS) is 12.2. The molecule has 2 aromatic carbocycles. The highest BCUT2D eigenvalue weighted by molar-refractivity contribution is 6.32. The summed E-state index contributed by atoms with van der Waals surface area (Å²) in [6, 6.07) is 12.9. The van der Waals surface area contributed by atoms with Crippen molar-refractivity contribution in [2.24, 2.45) is 5.73 Å². The molecule has 3 N–H and O–H groups in total. The van der Waals surface area contributed by atoms with Gasteiger partial charge in [0.2, 0.25) is 0 Å². The molecular formula is C16H18ClNO2. The molecule has 0 heterocycles. The molecule has 0 aromatic heterocycles. The highest BCUT2D eigenvalue weighted by Crippen LogP contribution is 2.30. The number of nitrogens with two attached hydrogens (primary N) is 1. The third-order valence-corrected chi connectivity index (χ3v) is 3.62. The van der Waals surface area contributed by atoms with Crippen LogP contribution in [0.5, 0.6) is 11.5 Å². The van der Waals surface area contributed by atoms with Gasteiger partial charge in [0.15, 0.2) is 0 Å². The van der Waals surface area contributed by atoms with E-state index >= 15 is 0 Å². The number of methoxy groups -OCH3 is 1. The van der Waals surface area contributed by atoms with Crippen LogP contribution in [-0.4, -0.2) is 18.8 Å². The molecule has 2 rings (SSSR count). The Bertz CT molecular complexity index is 586. The minimum Gasteiger partial charge on any atom is -0.508 e. The number of hydrogen-bond acceptors (Lipinski definition) is 3. The van der Waals surface area contributed by atoms with E-state index in [1.54, 1.807) is 19.2 Å². The zero-order valence-corrected chi connectivity index (χ0v) is 12.1. The second-order valence-electron chi connectivity index (χ2n) is 4.70. The molecule has 20 heavy (non-hydrogen) atoms. The van der Waals surface area contributed by atoms with Crippen molar-refractivity contribution in [1.82, 2.24) is 0 Å². The summed E-state index contributed by atoms with van der Waals surface area (Å²) in [5.41, 5.74) is 7.99. The van der Waals surface area contributed by atoms with Gasteiger partial charge in [-0.25, -0.2) is 0 Å². The van der Waals surface area contributed by atoms with Crippen LogP contribution in [0.3, 0.4) is 0 Å². The van der Waals surface area contributed by atoms with Gasteiger partial charge in [0.25, 0.3) is 0 Å². The third-order valence-electron chi connectivity index (χ3n) is 3.32. The molecule has 1 unspecified atom stereocenters. The van der Waals surface area contributed by atoms with Gasteiger partial charge in [-0.2, -0.15) is 0 Å². The van der Waals surface area contributed by atoms with Crippen LogP contribution >= 0.6 is 11.6 Å². The van der Waals surface area contributed by atoms with Crippen LogP contribution < -0.4 is 10.5 Å². The van der Waals surface area contributed by atoms with E-state index in [-0.39, 0.29) is 11.7 Å². The highest BCUT2D eigenvalue weighted by atomic mass is 35.5. The molecule has 0 radical (unpaired) electrons. The van der Waals surface area contributed by atoms with Crippen LogP contribution in [0.4, 0.5) is 0 Å². The average molecular weight is 292 g/mol. The number of phenolic OH excluding ortho intramolecular Hbond substituents is 1. The van der Waals surface area contributed by atoms with Gasteiger partial charge in [0.1, 0.15) is 11.5 Å². The Kier molecular flexibility index (Phi) is 4.88. The molecule has 0 aliphatic carbocycles. The number of phenols is 1. The molecule has 0 spiro atoms. The van der Waals surface area contributed by atoms with E-state index in [9.17, 15) is 5.11 Å². The van der Waals surface area contributed by atoms with E-state index in [0.29, 0.717) is 17.3 Å². The lowest BCUT2D eigenvalue weighted by atomic mass is 9.92. The van der Waals surface area contributed by atoms with Crippen molar-refractivity contribution in [3.05, 3.63) is 58.6 Å². The first-order valence-electron chi connectivity index (χ1n) is 6.45. The number of benzene rings is 2. The Morgan fingerprint density at radius 1 is 1.25 bits per heavy atom. The Hall–Kier alpha value is -1.71. The molecule has 1 atom stereocenters. The summed E-state index contributed by atoms with van der Waals surface area (Å²) in [4.78, 5) is 0. The molecule has 4 heteroatoms. The lowest BCUT2D eigenvalue weighted by molar-refractivity contribution is 0.414. The quantitative estimate of drug-likeness (QED) is 0.888. The molecule has 0 bridgehead atoms. The zero-order chi connectivity index (χ0) is 14.5. The van der Waals surface area contributed by atoms with Gasteiger partial charge in [0.05, 0.1) is 12.1 Å². The van der Waals surface area contributed by atoms with Gasteiger partial charge >= 0.3 is 0 Å². The summed E-state index contributed by atoms with van der Waals surface area (Å²) in [5.74, 6) is 1.08. The van der Waals surface area contributed by atoms with E-state index < -0.39 is 0 Å². The van der Waals surface area contributed by atoms with Crippen LogP contribution in [0, 0.1) is 0 Å². The van der Waals surface area contributed by atoms with E-state index in [1.807, 2.05) is 30.3 Å². The summed E-state index contributed by atoms with van der Waals surface area (Å²) in [6.45, 7) is 0.512. The van der Waals surface area contributed by atoms with E-state index in [2.05, 4.69) is 0 Å². The van der Waals surface area contributed by atoms with Gasteiger partial charge in [-0.1, -0.05) is 29.8 Å². The van der Waals surface area contributed by atoms with E-state index in [0.717, 1.165) is 17.5 Å². The Morgan fingerprint density at radius 2 is 2.05 bits per heavy atom. The summed E-state index contributed by atoms with van der Waals surface area (Å²) in [6.07, 6.45) is 0.757. The van der Waals surface area contributed by atoms with Gasteiger partial charge in [-0.15, -0.1) is 0 Å². The minimum atomic E-state index is 0.153. The SMILES string of the molecule is COc1ccc(C(CN)Cc2cccc(O)c2)cc1Cl. The topological polar surface area (TPSA) is 55.5 Å². The number of hydrogen-bond donors (Lipinski definition) is 2. The van der Waals surface area contributed by atoms with Gasteiger partial charge in [-0.05, 0) is 48.4 Å². The van der Waals surface area contributed by atoms with E-state index in [1.165, 1.54) is 0 Å². The van der Waals surface area contributed by atoms with E-state index in [4.69, 9.17) is 22.1 Å². The maximum atomic E-state index is 9.51. The fourth-order valence-corrected chi connectivity index (χ4v) is 2.51. The van der Waals surface area contributed by atoms with Crippen LogP contribution in [0.1, 0.15) is 17.0 Å². The van der Waals surface area contributed by atoms with Crippen molar-refractivity contribution < 1.29 is 9.84 Å². The van der Waals surface area contributed by atoms with Crippen molar-refractivity contribution in [2.45, 2.75) is 12.3 Å². The maximum absolute atomic E-state index is 9.51. The van der Waals surface area contributed by atoms with Crippen molar-refractivity contribution in [1.29, 1.82) is 0 Å². The number of aromatic hydroxyl groups is 1. The van der Waals surface area contributed by atoms with Crippen LogP contribution in [0.15, 0.2) is 42.5 Å². The molecule has 0 amide bonds. The summed E-state index contributed by atoms with van der Waals surface area (Å²) < 4.78 is 5.15. The summed E-state index contributed by atoms with van der Waals surface area (Å²) in [7, 11) is 1.59.